The van der Waals surface area contributed by atoms with E-state index in [1.165, 1.54) is 16.4 Å². The predicted octanol–water partition coefficient (Wildman–Crippen LogP) is 1.42. The summed E-state index contributed by atoms with van der Waals surface area (Å²) < 4.78 is 26.6. The second kappa shape index (κ2) is 7.07. The Hall–Kier alpha value is -0.660. The van der Waals surface area contributed by atoms with E-state index < -0.39 is 10.0 Å². The maximum Gasteiger partial charge on any atom is 0.243 e. The van der Waals surface area contributed by atoms with Gasteiger partial charge in [-0.2, -0.15) is 4.31 Å². The first kappa shape index (κ1) is 16.7. The van der Waals surface area contributed by atoms with E-state index >= 15 is 0 Å². The Kier molecular flexibility index (Phi) is 5.62. The van der Waals surface area contributed by atoms with E-state index in [2.05, 4.69) is 4.90 Å². The van der Waals surface area contributed by atoms with Crippen LogP contribution in [0, 0.1) is 0 Å². The summed E-state index contributed by atoms with van der Waals surface area (Å²) in [4.78, 5) is 2.42. The van der Waals surface area contributed by atoms with Crippen molar-refractivity contribution < 1.29 is 13.5 Å². The fraction of sp³-hybridized carbons (Fsp3) is 0.571. The molecule has 0 saturated carbocycles. The van der Waals surface area contributed by atoms with Crippen LogP contribution in [0.3, 0.4) is 0 Å². The number of aliphatic hydroxyl groups is 1. The van der Waals surface area contributed by atoms with Crippen LogP contribution in [0.25, 0.3) is 0 Å². The largest absolute Gasteiger partial charge is 0.395 e. The Balaban J connectivity index is 2.06. The van der Waals surface area contributed by atoms with Crippen LogP contribution in [0.4, 0.5) is 0 Å². The zero-order valence-electron chi connectivity index (χ0n) is 12.1. The van der Waals surface area contributed by atoms with Gasteiger partial charge in [0.15, 0.2) is 0 Å². The zero-order chi connectivity index (χ0) is 15.5. The Morgan fingerprint density at radius 1 is 1.19 bits per heavy atom. The van der Waals surface area contributed by atoms with Crippen molar-refractivity contribution in [1.82, 2.24) is 9.21 Å². The number of halogens is 1. The van der Waals surface area contributed by atoms with Crippen molar-refractivity contribution in [3.8, 4) is 0 Å². The van der Waals surface area contributed by atoms with E-state index in [1.807, 2.05) is 6.92 Å². The maximum atomic E-state index is 12.5. The molecule has 0 aromatic heterocycles. The van der Waals surface area contributed by atoms with Gasteiger partial charge in [0.05, 0.1) is 11.5 Å². The molecular formula is C14H21ClN2O3S. The highest BCUT2D eigenvalue weighted by Crippen LogP contribution is 2.20. The van der Waals surface area contributed by atoms with Gasteiger partial charge in [-0.1, -0.05) is 18.5 Å². The normalized spacial score (nSPS) is 19.6. The fourth-order valence-corrected chi connectivity index (χ4v) is 4.12. The summed E-state index contributed by atoms with van der Waals surface area (Å²) in [5, 5.41) is 9.84. The minimum absolute atomic E-state index is 0.112. The second-order valence-electron chi connectivity index (χ2n) is 5.14. The number of benzene rings is 1. The van der Waals surface area contributed by atoms with E-state index in [1.54, 1.807) is 12.1 Å². The van der Waals surface area contributed by atoms with Crippen molar-refractivity contribution in [2.45, 2.75) is 24.3 Å². The van der Waals surface area contributed by atoms with Crippen molar-refractivity contribution >= 4 is 21.6 Å². The molecule has 1 atom stereocenters. The maximum absolute atomic E-state index is 12.5. The number of sulfonamides is 1. The van der Waals surface area contributed by atoms with Gasteiger partial charge in [-0.3, -0.25) is 4.90 Å². The van der Waals surface area contributed by atoms with Gasteiger partial charge >= 0.3 is 0 Å². The van der Waals surface area contributed by atoms with Crippen LogP contribution in [-0.4, -0.2) is 61.6 Å². The van der Waals surface area contributed by atoms with Crippen molar-refractivity contribution in [3.05, 3.63) is 29.3 Å². The lowest BCUT2D eigenvalue weighted by Gasteiger charge is -2.37. The van der Waals surface area contributed by atoms with Gasteiger partial charge < -0.3 is 5.11 Å². The highest BCUT2D eigenvalue weighted by atomic mass is 35.5. The van der Waals surface area contributed by atoms with Crippen LogP contribution in [0.2, 0.25) is 5.02 Å². The molecule has 1 aromatic carbocycles. The molecule has 0 radical (unpaired) electrons. The summed E-state index contributed by atoms with van der Waals surface area (Å²) in [6.07, 6.45) is 0.862. The molecule has 7 heteroatoms. The number of nitrogens with zero attached hydrogens (tertiary/aromatic N) is 2. The van der Waals surface area contributed by atoms with Crippen LogP contribution < -0.4 is 0 Å². The first-order valence-corrected chi connectivity index (χ1v) is 8.91. The molecule has 0 bridgehead atoms. The van der Waals surface area contributed by atoms with E-state index in [0.717, 1.165) is 6.42 Å². The van der Waals surface area contributed by atoms with Gasteiger partial charge in [0.1, 0.15) is 0 Å². The molecule has 1 saturated heterocycles. The Morgan fingerprint density at radius 3 is 2.24 bits per heavy atom. The molecule has 5 nitrogen and oxygen atoms in total. The molecular weight excluding hydrogens is 312 g/mol. The Morgan fingerprint density at radius 2 is 1.76 bits per heavy atom. The summed E-state index contributed by atoms with van der Waals surface area (Å²) in [6.45, 7) is 4.32. The van der Waals surface area contributed by atoms with Crippen LogP contribution in [0.5, 0.6) is 0 Å². The number of aliphatic hydroxyl groups excluding tert-OH is 1. The van der Waals surface area contributed by atoms with Gasteiger partial charge in [0.2, 0.25) is 10.0 Å². The Bertz CT molecular complexity index is 550. The molecule has 1 aromatic rings. The minimum Gasteiger partial charge on any atom is -0.395 e. The molecule has 1 fully saturated rings. The van der Waals surface area contributed by atoms with E-state index in [4.69, 9.17) is 11.6 Å². The lowest BCUT2D eigenvalue weighted by Crippen LogP contribution is -2.52. The molecule has 0 spiro atoms. The van der Waals surface area contributed by atoms with Crippen LogP contribution >= 0.6 is 11.6 Å². The molecule has 0 aliphatic carbocycles. The lowest BCUT2D eigenvalue weighted by molar-refractivity contribution is 0.0881. The topological polar surface area (TPSA) is 60.9 Å². The molecule has 1 aliphatic rings. The third-order valence-electron chi connectivity index (χ3n) is 3.92. The number of hydrogen-bond donors (Lipinski definition) is 1. The van der Waals surface area contributed by atoms with E-state index in [-0.39, 0.29) is 17.5 Å². The number of rotatable bonds is 5. The van der Waals surface area contributed by atoms with Crippen molar-refractivity contribution in [3.63, 3.8) is 0 Å². The number of piperazine rings is 1. The van der Waals surface area contributed by atoms with Gasteiger partial charge in [-0.25, -0.2) is 8.42 Å². The summed E-state index contributed by atoms with van der Waals surface area (Å²) in [5.41, 5.74) is 0. The van der Waals surface area contributed by atoms with Crippen LogP contribution in [-0.2, 0) is 10.0 Å². The lowest BCUT2D eigenvalue weighted by atomic mass is 10.2. The van der Waals surface area contributed by atoms with E-state index in [0.29, 0.717) is 31.2 Å². The molecule has 118 valence electrons. The van der Waals surface area contributed by atoms with Crippen LogP contribution in [0.1, 0.15) is 13.3 Å². The molecule has 1 heterocycles. The highest BCUT2D eigenvalue weighted by molar-refractivity contribution is 7.89. The van der Waals surface area contributed by atoms with Crippen molar-refractivity contribution in [2.24, 2.45) is 0 Å². The molecule has 1 aliphatic heterocycles. The molecule has 1 unspecified atom stereocenters. The molecule has 21 heavy (non-hydrogen) atoms. The smallest absolute Gasteiger partial charge is 0.243 e. The summed E-state index contributed by atoms with van der Waals surface area (Å²) in [6, 6.07) is 6.36. The summed E-state index contributed by atoms with van der Waals surface area (Å²) >= 11 is 5.79. The Labute approximate surface area is 131 Å². The van der Waals surface area contributed by atoms with Crippen molar-refractivity contribution in [2.75, 3.05) is 32.8 Å². The quantitative estimate of drug-likeness (QED) is 0.886. The second-order valence-corrected chi connectivity index (χ2v) is 7.51. The first-order valence-electron chi connectivity index (χ1n) is 7.09. The van der Waals surface area contributed by atoms with E-state index in [9.17, 15) is 13.5 Å². The molecule has 2 rings (SSSR count). The molecule has 0 amide bonds. The first-order chi connectivity index (χ1) is 9.98. The monoisotopic (exact) mass is 332 g/mol. The van der Waals surface area contributed by atoms with Crippen molar-refractivity contribution in [1.29, 1.82) is 0 Å². The van der Waals surface area contributed by atoms with Gasteiger partial charge in [0.25, 0.3) is 0 Å². The third kappa shape index (κ3) is 3.76. The SMILES string of the molecule is CCC(CO)N1CCN(S(=O)(=O)c2ccc(Cl)cc2)CC1. The zero-order valence-corrected chi connectivity index (χ0v) is 13.6. The summed E-state index contributed by atoms with van der Waals surface area (Å²) in [7, 11) is -3.46. The standard InChI is InChI=1S/C14H21ClN2O3S/c1-2-13(11-18)16-7-9-17(10-8-16)21(19,20)14-5-3-12(15)4-6-14/h3-6,13,18H,2,7-11H2,1H3. The van der Waals surface area contributed by atoms with Gasteiger partial charge in [0, 0.05) is 37.2 Å². The number of hydrogen-bond acceptors (Lipinski definition) is 4. The average Bonchev–Trinajstić information content (AvgIpc) is 2.49. The van der Waals surface area contributed by atoms with Gasteiger partial charge in [-0.15, -0.1) is 0 Å². The highest BCUT2D eigenvalue weighted by Gasteiger charge is 2.30. The predicted molar refractivity (Wildman–Crippen MR) is 82.9 cm³/mol. The van der Waals surface area contributed by atoms with Crippen LogP contribution in [0.15, 0.2) is 29.2 Å². The molecule has 1 N–H and O–H groups in total. The fourth-order valence-electron chi connectivity index (χ4n) is 2.57. The average molecular weight is 333 g/mol. The summed E-state index contributed by atoms with van der Waals surface area (Å²) in [5.74, 6) is 0. The third-order valence-corrected chi connectivity index (χ3v) is 6.09. The van der Waals surface area contributed by atoms with Gasteiger partial charge in [-0.05, 0) is 30.7 Å². The minimum atomic E-state index is -3.46.